The lowest BCUT2D eigenvalue weighted by Gasteiger charge is -2.38. The first kappa shape index (κ1) is 18.8. The molecule has 0 radical (unpaired) electrons. The number of hydrogen-bond acceptors (Lipinski definition) is 4. The topological polar surface area (TPSA) is 87.7 Å². The van der Waals surface area contributed by atoms with E-state index in [0.29, 0.717) is 30.7 Å². The van der Waals surface area contributed by atoms with Crippen LogP contribution in [0.2, 0.25) is 0 Å². The molecule has 4 rings (SSSR count). The van der Waals surface area contributed by atoms with Gasteiger partial charge < -0.3 is 20.3 Å². The van der Waals surface area contributed by atoms with E-state index in [1.165, 1.54) is 0 Å². The third kappa shape index (κ3) is 3.84. The Morgan fingerprint density at radius 3 is 2.86 bits per heavy atom. The second kappa shape index (κ2) is 7.45. The number of nitrogens with zero attached hydrogens (tertiary/aromatic N) is 1. The predicted molar refractivity (Wildman–Crippen MR) is 103 cm³/mol. The molecular formula is C21H27N3O4. The van der Waals surface area contributed by atoms with Crippen molar-refractivity contribution < 1.29 is 19.1 Å². The summed E-state index contributed by atoms with van der Waals surface area (Å²) in [6.45, 7) is 2.37. The minimum Gasteiger partial charge on any atom is -0.467 e. The molecule has 2 fully saturated rings. The Labute approximate surface area is 164 Å². The van der Waals surface area contributed by atoms with Crippen LogP contribution in [0.25, 0.3) is 0 Å². The summed E-state index contributed by atoms with van der Waals surface area (Å²) in [7, 11) is 0. The molecule has 1 saturated carbocycles. The van der Waals surface area contributed by atoms with Gasteiger partial charge in [0.15, 0.2) is 5.72 Å². The summed E-state index contributed by atoms with van der Waals surface area (Å²) in [5, 5.41) is 6.00. The standard InChI is InChI=1S/C21H27N3O4/c1-14-6-7-17-16(12-14)20(27)23-21(28-17)9-8-19(26)24(11-10-21)13-18(25)22-15-4-2-3-5-15/h6-7,12,15H,2-5,8-11,13H2,1H3,(H,22,25)(H,23,27)/t21-/m0/s1. The first-order valence-electron chi connectivity index (χ1n) is 10.1. The predicted octanol–water partition coefficient (Wildman–Crippen LogP) is 1.88. The first-order chi connectivity index (χ1) is 13.4. The number of fused-ring (bicyclic) bond motifs is 1. The number of aryl methyl sites for hydroxylation is 1. The van der Waals surface area contributed by atoms with E-state index in [9.17, 15) is 14.4 Å². The molecule has 1 saturated heterocycles. The van der Waals surface area contributed by atoms with E-state index in [1.54, 1.807) is 11.0 Å². The number of carbonyl (C=O) groups is 3. The van der Waals surface area contributed by atoms with Crippen LogP contribution in [0.3, 0.4) is 0 Å². The van der Waals surface area contributed by atoms with Gasteiger partial charge in [0, 0.05) is 31.8 Å². The van der Waals surface area contributed by atoms with Crippen molar-refractivity contribution in [2.24, 2.45) is 0 Å². The van der Waals surface area contributed by atoms with Crippen molar-refractivity contribution in [3.8, 4) is 5.75 Å². The van der Waals surface area contributed by atoms with Crippen molar-refractivity contribution in [2.75, 3.05) is 13.1 Å². The summed E-state index contributed by atoms with van der Waals surface area (Å²) < 4.78 is 6.16. The van der Waals surface area contributed by atoms with Gasteiger partial charge in [-0.2, -0.15) is 0 Å². The molecule has 0 aromatic heterocycles. The van der Waals surface area contributed by atoms with Gasteiger partial charge in [-0.3, -0.25) is 14.4 Å². The first-order valence-corrected chi connectivity index (χ1v) is 10.1. The molecular weight excluding hydrogens is 358 g/mol. The van der Waals surface area contributed by atoms with E-state index >= 15 is 0 Å². The molecule has 150 valence electrons. The zero-order valence-electron chi connectivity index (χ0n) is 16.3. The molecule has 1 spiro atoms. The van der Waals surface area contributed by atoms with Gasteiger partial charge in [-0.05, 0) is 31.9 Å². The Kier molecular flexibility index (Phi) is 5.00. The minimum absolute atomic E-state index is 0.0646. The number of hydrogen-bond donors (Lipinski definition) is 2. The fourth-order valence-corrected chi connectivity index (χ4v) is 4.36. The quantitative estimate of drug-likeness (QED) is 0.832. The highest BCUT2D eigenvalue weighted by molar-refractivity contribution is 5.98. The van der Waals surface area contributed by atoms with Crippen LogP contribution >= 0.6 is 0 Å². The third-order valence-corrected chi connectivity index (χ3v) is 5.96. The number of amides is 3. The maximum absolute atomic E-state index is 12.6. The van der Waals surface area contributed by atoms with Crippen molar-refractivity contribution in [3.63, 3.8) is 0 Å². The molecule has 1 aromatic rings. The van der Waals surface area contributed by atoms with Crippen molar-refractivity contribution in [1.29, 1.82) is 0 Å². The SMILES string of the molecule is Cc1ccc2c(c1)C(=O)N[C@@]1(CCC(=O)N(CC(=O)NC3CCCC3)CC1)O2. The van der Waals surface area contributed by atoms with E-state index in [-0.39, 0.29) is 36.7 Å². The van der Waals surface area contributed by atoms with Crippen LogP contribution in [-0.4, -0.2) is 47.5 Å². The maximum atomic E-state index is 12.6. The van der Waals surface area contributed by atoms with Gasteiger partial charge in [0.2, 0.25) is 11.8 Å². The van der Waals surface area contributed by atoms with E-state index in [2.05, 4.69) is 10.6 Å². The minimum atomic E-state index is -0.897. The molecule has 3 aliphatic rings. The lowest BCUT2D eigenvalue weighted by molar-refractivity contribution is -0.135. The fourth-order valence-electron chi connectivity index (χ4n) is 4.36. The van der Waals surface area contributed by atoms with Crippen LogP contribution in [0.4, 0.5) is 0 Å². The van der Waals surface area contributed by atoms with Gasteiger partial charge in [-0.15, -0.1) is 0 Å². The molecule has 28 heavy (non-hydrogen) atoms. The van der Waals surface area contributed by atoms with Crippen molar-refractivity contribution in [2.45, 2.75) is 63.6 Å². The Morgan fingerprint density at radius 2 is 2.07 bits per heavy atom. The second-order valence-corrected chi connectivity index (χ2v) is 8.16. The van der Waals surface area contributed by atoms with E-state index in [0.717, 1.165) is 31.2 Å². The smallest absolute Gasteiger partial charge is 0.258 e. The Bertz CT molecular complexity index is 803. The molecule has 2 N–H and O–H groups in total. The average Bonchev–Trinajstić information content (AvgIpc) is 3.12. The summed E-state index contributed by atoms with van der Waals surface area (Å²) in [4.78, 5) is 39.1. The molecule has 1 aromatic carbocycles. The number of rotatable bonds is 3. The zero-order chi connectivity index (χ0) is 19.7. The van der Waals surface area contributed by atoms with Crippen molar-refractivity contribution >= 4 is 17.7 Å². The molecule has 2 aliphatic heterocycles. The molecule has 3 amide bonds. The number of nitrogens with one attached hydrogen (secondary N) is 2. The highest BCUT2D eigenvalue weighted by atomic mass is 16.5. The van der Waals surface area contributed by atoms with Crippen LogP contribution < -0.4 is 15.4 Å². The highest BCUT2D eigenvalue weighted by Crippen LogP contribution is 2.34. The molecule has 0 unspecified atom stereocenters. The normalized spacial score (nSPS) is 25.1. The third-order valence-electron chi connectivity index (χ3n) is 5.96. The highest BCUT2D eigenvalue weighted by Gasteiger charge is 2.42. The maximum Gasteiger partial charge on any atom is 0.258 e. The van der Waals surface area contributed by atoms with Gasteiger partial charge in [0.05, 0.1) is 12.1 Å². The molecule has 0 bridgehead atoms. The van der Waals surface area contributed by atoms with Crippen LogP contribution in [0.15, 0.2) is 18.2 Å². The number of ether oxygens (including phenoxy) is 1. The number of likely N-dealkylation sites (tertiary alicyclic amines) is 1. The average molecular weight is 385 g/mol. The monoisotopic (exact) mass is 385 g/mol. The fraction of sp³-hybridized carbons (Fsp3) is 0.571. The molecule has 7 nitrogen and oxygen atoms in total. The van der Waals surface area contributed by atoms with Crippen molar-refractivity contribution in [1.82, 2.24) is 15.5 Å². The summed E-state index contributed by atoms with van der Waals surface area (Å²) in [6, 6.07) is 5.76. The van der Waals surface area contributed by atoms with Crippen LogP contribution in [0.1, 0.15) is 60.9 Å². The van der Waals surface area contributed by atoms with Gasteiger partial charge in [0.25, 0.3) is 5.91 Å². The van der Waals surface area contributed by atoms with Gasteiger partial charge in [-0.1, -0.05) is 24.5 Å². The Morgan fingerprint density at radius 1 is 1.29 bits per heavy atom. The van der Waals surface area contributed by atoms with Crippen molar-refractivity contribution in [3.05, 3.63) is 29.3 Å². The second-order valence-electron chi connectivity index (χ2n) is 8.16. The van der Waals surface area contributed by atoms with Gasteiger partial charge in [0.1, 0.15) is 5.75 Å². The summed E-state index contributed by atoms with van der Waals surface area (Å²) in [6.07, 6.45) is 5.41. The number of benzene rings is 1. The lowest BCUT2D eigenvalue weighted by Crippen LogP contribution is -2.56. The summed E-state index contributed by atoms with van der Waals surface area (Å²) in [5.74, 6) is 0.190. The Balaban J connectivity index is 1.42. The van der Waals surface area contributed by atoms with Gasteiger partial charge >= 0.3 is 0 Å². The zero-order valence-corrected chi connectivity index (χ0v) is 16.3. The van der Waals surface area contributed by atoms with Crippen LogP contribution in [-0.2, 0) is 9.59 Å². The molecule has 1 aliphatic carbocycles. The largest absolute Gasteiger partial charge is 0.467 e. The Hall–Kier alpha value is -2.57. The van der Waals surface area contributed by atoms with Crippen LogP contribution in [0.5, 0.6) is 5.75 Å². The van der Waals surface area contributed by atoms with E-state index in [1.807, 2.05) is 19.1 Å². The van der Waals surface area contributed by atoms with Gasteiger partial charge in [-0.25, -0.2) is 0 Å². The van der Waals surface area contributed by atoms with E-state index in [4.69, 9.17) is 4.74 Å². The summed E-state index contributed by atoms with van der Waals surface area (Å²) >= 11 is 0. The summed E-state index contributed by atoms with van der Waals surface area (Å²) in [5.41, 5.74) is 0.615. The van der Waals surface area contributed by atoms with E-state index < -0.39 is 5.72 Å². The van der Waals surface area contributed by atoms with Crippen LogP contribution in [0, 0.1) is 6.92 Å². The molecule has 1 atom stereocenters. The molecule has 2 heterocycles. The lowest BCUT2D eigenvalue weighted by atomic mass is 9.99. The molecule has 7 heteroatoms. The number of carbonyl (C=O) groups excluding carboxylic acids is 3.